The van der Waals surface area contributed by atoms with Crippen molar-refractivity contribution < 1.29 is 4.48 Å². The van der Waals surface area contributed by atoms with E-state index in [4.69, 9.17) is 0 Å². The molecule has 1 aliphatic heterocycles. The summed E-state index contributed by atoms with van der Waals surface area (Å²) in [7, 11) is 2.53. The van der Waals surface area contributed by atoms with Gasteiger partial charge in [0.15, 0.2) is 0 Å². The van der Waals surface area contributed by atoms with Gasteiger partial charge < -0.3 is 4.48 Å². The average Bonchev–Trinajstić information content (AvgIpc) is 2.62. The summed E-state index contributed by atoms with van der Waals surface area (Å²) in [6.45, 7) is 8.46. The Kier molecular flexibility index (Phi) is 7.46. The topological polar surface area (TPSA) is 3.24 Å². The van der Waals surface area contributed by atoms with Crippen LogP contribution in [0, 0.1) is 11.8 Å². The molecule has 24 heavy (non-hydrogen) atoms. The van der Waals surface area contributed by atoms with Crippen molar-refractivity contribution >= 4 is 0 Å². The average molecular weight is 336 g/mol. The molecule has 2 nitrogen and oxygen atoms in total. The Labute approximate surface area is 151 Å². The van der Waals surface area contributed by atoms with Gasteiger partial charge in [-0.2, -0.15) is 0 Å². The summed E-state index contributed by atoms with van der Waals surface area (Å²) in [5, 5.41) is 0. The molecule has 0 atom stereocenters. The molecular weight excluding hydrogens is 292 g/mol. The monoisotopic (exact) mass is 335 g/mol. The molecule has 0 aromatic carbocycles. The van der Waals surface area contributed by atoms with Crippen LogP contribution < -0.4 is 0 Å². The highest BCUT2D eigenvalue weighted by molar-refractivity contribution is 4.75. The molecule has 0 aromatic rings. The zero-order valence-electron chi connectivity index (χ0n) is 16.5. The van der Waals surface area contributed by atoms with E-state index in [2.05, 4.69) is 11.9 Å². The Morgan fingerprint density at radius 3 is 1.62 bits per heavy atom. The van der Waals surface area contributed by atoms with Crippen LogP contribution in [0.4, 0.5) is 0 Å². The lowest BCUT2D eigenvalue weighted by atomic mass is 9.87. The molecule has 3 aliphatic rings. The molecule has 3 fully saturated rings. The molecule has 3 rings (SSSR count). The number of hydrogen-bond acceptors (Lipinski definition) is 1. The number of nitrogens with zero attached hydrogens (tertiary/aromatic N) is 2. The minimum absolute atomic E-state index is 1.01. The van der Waals surface area contributed by atoms with Crippen LogP contribution >= 0.6 is 0 Å². The van der Waals surface area contributed by atoms with E-state index in [1.807, 2.05) is 0 Å². The predicted octanol–water partition coefficient (Wildman–Crippen LogP) is 5.08. The lowest BCUT2D eigenvalue weighted by Gasteiger charge is -2.40. The Morgan fingerprint density at radius 2 is 1.12 bits per heavy atom. The van der Waals surface area contributed by atoms with Crippen molar-refractivity contribution in [2.45, 2.75) is 83.5 Å². The van der Waals surface area contributed by atoms with Crippen molar-refractivity contribution in [1.82, 2.24) is 4.90 Å². The second-order valence-corrected chi connectivity index (χ2v) is 9.62. The summed E-state index contributed by atoms with van der Waals surface area (Å²) in [5.41, 5.74) is 0. The van der Waals surface area contributed by atoms with E-state index in [-0.39, 0.29) is 0 Å². The van der Waals surface area contributed by atoms with Gasteiger partial charge >= 0.3 is 0 Å². The third-order valence-corrected chi connectivity index (χ3v) is 7.33. The highest BCUT2D eigenvalue weighted by Gasteiger charge is 2.27. The first kappa shape index (κ1) is 18.7. The Bertz CT molecular complexity index is 316. The van der Waals surface area contributed by atoms with Crippen LogP contribution in [0.25, 0.3) is 0 Å². The molecule has 0 N–H and O–H groups in total. The molecular formula is C22H43N2+. The van der Waals surface area contributed by atoms with E-state index >= 15 is 0 Å². The summed E-state index contributed by atoms with van der Waals surface area (Å²) in [6.07, 6.45) is 19.4. The third-order valence-electron chi connectivity index (χ3n) is 7.33. The van der Waals surface area contributed by atoms with Crippen LogP contribution in [0.1, 0.15) is 83.5 Å². The van der Waals surface area contributed by atoms with Crippen LogP contribution in [0.5, 0.6) is 0 Å². The summed E-state index contributed by atoms with van der Waals surface area (Å²) in [5.74, 6) is 2.02. The van der Waals surface area contributed by atoms with Crippen molar-refractivity contribution in [3.63, 3.8) is 0 Å². The fourth-order valence-electron chi connectivity index (χ4n) is 5.61. The standard InChI is InChI=1S/C22H43N2/c1-24(16-9-4-10-17-24)18-15-23(19-21-11-5-2-6-12-21)20-22-13-7-3-8-14-22/h21-22H,2-20H2,1H3/q+1. The van der Waals surface area contributed by atoms with Gasteiger partial charge in [-0.3, -0.25) is 4.90 Å². The highest BCUT2D eigenvalue weighted by atomic mass is 15.3. The van der Waals surface area contributed by atoms with E-state index in [0.717, 1.165) is 11.8 Å². The maximum Gasteiger partial charge on any atom is 0.0913 e. The first-order chi connectivity index (χ1) is 11.7. The molecule has 0 spiro atoms. The lowest BCUT2D eigenvalue weighted by molar-refractivity contribution is -0.913. The normalized spacial score (nSPS) is 26.8. The van der Waals surface area contributed by atoms with E-state index < -0.39 is 0 Å². The number of piperidine rings is 1. The first-order valence-electron chi connectivity index (χ1n) is 11.3. The van der Waals surface area contributed by atoms with E-state index in [0.29, 0.717) is 0 Å². The second kappa shape index (κ2) is 9.57. The van der Waals surface area contributed by atoms with Gasteiger partial charge in [-0.15, -0.1) is 0 Å². The Hall–Kier alpha value is -0.0800. The maximum absolute atomic E-state index is 2.92. The number of likely N-dealkylation sites (tertiary alicyclic amines) is 1. The molecule has 1 saturated heterocycles. The largest absolute Gasteiger partial charge is 0.325 e. The minimum atomic E-state index is 1.01. The summed E-state index contributed by atoms with van der Waals surface area (Å²) >= 11 is 0. The zero-order valence-corrected chi connectivity index (χ0v) is 16.5. The molecule has 2 heteroatoms. The van der Waals surface area contributed by atoms with Gasteiger partial charge in [-0.05, 0) is 56.8 Å². The van der Waals surface area contributed by atoms with Gasteiger partial charge in [0.05, 0.1) is 26.7 Å². The molecule has 0 amide bonds. The van der Waals surface area contributed by atoms with Crippen LogP contribution in [-0.4, -0.2) is 55.7 Å². The summed E-state index contributed by atoms with van der Waals surface area (Å²) < 4.78 is 1.35. The smallest absolute Gasteiger partial charge is 0.0913 e. The van der Waals surface area contributed by atoms with Gasteiger partial charge in [0.1, 0.15) is 0 Å². The van der Waals surface area contributed by atoms with E-state index in [9.17, 15) is 0 Å². The van der Waals surface area contributed by atoms with Crippen LogP contribution in [0.2, 0.25) is 0 Å². The minimum Gasteiger partial charge on any atom is -0.325 e. The molecule has 0 unspecified atom stereocenters. The van der Waals surface area contributed by atoms with Gasteiger partial charge in [-0.25, -0.2) is 0 Å². The first-order valence-corrected chi connectivity index (χ1v) is 11.3. The van der Waals surface area contributed by atoms with Gasteiger partial charge in [0.25, 0.3) is 0 Å². The molecule has 2 saturated carbocycles. The number of quaternary nitrogens is 1. The maximum atomic E-state index is 2.92. The second-order valence-electron chi connectivity index (χ2n) is 9.62. The van der Waals surface area contributed by atoms with Crippen LogP contribution in [0.3, 0.4) is 0 Å². The van der Waals surface area contributed by atoms with Crippen LogP contribution in [-0.2, 0) is 0 Å². The van der Waals surface area contributed by atoms with Crippen molar-refractivity contribution in [2.24, 2.45) is 11.8 Å². The number of rotatable bonds is 7. The summed E-state index contributed by atoms with van der Waals surface area (Å²) in [6, 6.07) is 0. The van der Waals surface area contributed by atoms with E-state index in [1.54, 1.807) is 0 Å². The molecule has 1 heterocycles. The number of likely N-dealkylation sites (N-methyl/N-ethyl adjacent to an activating group) is 1. The fourth-order valence-corrected chi connectivity index (χ4v) is 5.61. The quantitative estimate of drug-likeness (QED) is 0.586. The molecule has 140 valence electrons. The Morgan fingerprint density at radius 1 is 0.667 bits per heavy atom. The van der Waals surface area contributed by atoms with Gasteiger partial charge in [0.2, 0.25) is 0 Å². The van der Waals surface area contributed by atoms with Crippen LogP contribution in [0.15, 0.2) is 0 Å². The van der Waals surface area contributed by atoms with Gasteiger partial charge in [0, 0.05) is 19.6 Å². The number of hydrogen-bond donors (Lipinski definition) is 0. The lowest BCUT2D eigenvalue weighted by Crippen LogP contribution is -2.52. The van der Waals surface area contributed by atoms with Crippen molar-refractivity contribution in [3.05, 3.63) is 0 Å². The molecule has 2 aliphatic carbocycles. The van der Waals surface area contributed by atoms with Crippen molar-refractivity contribution in [1.29, 1.82) is 0 Å². The Balaban J connectivity index is 1.51. The third kappa shape index (κ3) is 6.02. The fraction of sp³-hybridized carbons (Fsp3) is 1.00. The zero-order chi connectivity index (χ0) is 16.7. The molecule has 0 bridgehead atoms. The molecule has 0 aromatic heterocycles. The SMILES string of the molecule is C[N+]1(CCN(CC2CCCCC2)CC2CCCCC2)CCCCC1. The predicted molar refractivity (Wildman–Crippen MR) is 104 cm³/mol. The van der Waals surface area contributed by atoms with Crippen molar-refractivity contribution in [2.75, 3.05) is 46.3 Å². The summed E-state index contributed by atoms with van der Waals surface area (Å²) in [4.78, 5) is 2.92. The van der Waals surface area contributed by atoms with Gasteiger partial charge in [-0.1, -0.05) is 38.5 Å². The molecule has 0 radical (unpaired) electrons. The highest BCUT2D eigenvalue weighted by Crippen LogP contribution is 2.28. The van der Waals surface area contributed by atoms with E-state index in [1.165, 1.54) is 127 Å². The van der Waals surface area contributed by atoms with Crippen molar-refractivity contribution in [3.8, 4) is 0 Å².